The van der Waals surface area contributed by atoms with Gasteiger partial charge in [0.25, 0.3) is 0 Å². The van der Waals surface area contributed by atoms with Gasteiger partial charge in [-0.1, -0.05) is 42.5 Å². The molecule has 4 nitrogen and oxygen atoms in total. The van der Waals surface area contributed by atoms with E-state index in [1.807, 2.05) is 30.5 Å². The van der Waals surface area contributed by atoms with Crippen LogP contribution in [0.5, 0.6) is 0 Å². The van der Waals surface area contributed by atoms with Crippen LogP contribution in [0.25, 0.3) is 0 Å². The third-order valence-corrected chi connectivity index (χ3v) is 4.26. The van der Waals surface area contributed by atoms with Gasteiger partial charge in [-0.15, -0.1) is 11.3 Å². The molecule has 120 valence electrons. The van der Waals surface area contributed by atoms with Gasteiger partial charge in [0.15, 0.2) is 5.78 Å². The first-order valence-electron chi connectivity index (χ1n) is 7.41. The number of hydrogen-bond acceptors (Lipinski definition) is 5. The monoisotopic (exact) mass is 337 g/mol. The number of aromatic nitrogens is 1. The highest BCUT2D eigenvalue weighted by molar-refractivity contribution is 7.09. The van der Waals surface area contributed by atoms with Crippen molar-refractivity contribution >= 4 is 23.1 Å². The van der Waals surface area contributed by atoms with Crippen molar-refractivity contribution < 1.29 is 14.3 Å². The lowest BCUT2D eigenvalue weighted by molar-refractivity contribution is 0.0468. The molecule has 5 heteroatoms. The number of benzene rings is 2. The van der Waals surface area contributed by atoms with Gasteiger partial charge in [0, 0.05) is 16.5 Å². The molecule has 0 aliphatic heterocycles. The van der Waals surface area contributed by atoms with Crippen LogP contribution in [0.2, 0.25) is 0 Å². The summed E-state index contributed by atoms with van der Waals surface area (Å²) in [6, 6.07) is 15.5. The minimum Gasteiger partial charge on any atom is -0.456 e. The predicted octanol–water partition coefficient (Wildman–Crippen LogP) is 4.04. The minimum absolute atomic E-state index is 0.0755. The Balaban J connectivity index is 1.65. The lowest BCUT2D eigenvalue weighted by Crippen LogP contribution is -2.07. The van der Waals surface area contributed by atoms with Gasteiger partial charge < -0.3 is 4.74 Å². The number of aryl methyl sites for hydroxylation is 1. The van der Waals surface area contributed by atoms with E-state index in [9.17, 15) is 9.59 Å². The number of carbonyl (C=O) groups is 2. The van der Waals surface area contributed by atoms with Crippen LogP contribution >= 0.6 is 11.3 Å². The molecule has 0 saturated heterocycles. The van der Waals surface area contributed by atoms with Crippen molar-refractivity contribution in [1.82, 2.24) is 4.98 Å². The molecule has 3 rings (SSSR count). The number of carbonyl (C=O) groups excluding carboxylic acids is 2. The van der Waals surface area contributed by atoms with Crippen LogP contribution in [0, 0.1) is 6.92 Å². The summed E-state index contributed by atoms with van der Waals surface area (Å²) in [6.07, 6.45) is 0. The fourth-order valence-corrected chi connectivity index (χ4v) is 2.81. The van der Waals surface area contributed by atoms with Crippen LogP contribution in [0.4, 0.5) is 0 Å². The van der Waals surface area contributed by atoms with Crippen molar-refractivity contribution in [1.29, 1.82) is 0 Å². The number of ether oxygens (including phenoxy) is 1. The second-order valence-electron chi connectivity index (χ2n) is 5.21. The molecule has 3 aromatic rings. The molecule has 0 amide bonds. The van der Waals surface area contributed by atoms with E-state index in [2.05, 4.69) is 4.98 Å². The number of esters is 1. The van der Waals surface area contributed by atoms with Gasteiger partial charge >= 0.3 is 5.97 Å². The van der Waals surface area contributed by atoms with Gasteiger partial charge in [-0.25, -0.2) is 9.78 Å². The Bertz CT molecular complexity index is 854. The summed E-state index contributed by atoms with van der Waals surface area (Å²) in [6.45, 7) is 2.05. The van der Waals surface area contributed by atoms with Crippen LogP contribution in [-0.4, -0.2) is 16.7 Å². The van der Waals surface area contributed by atoms with Crippen molar-refractivity contribution in [3.8, 4) is 0 Å². The number of hydrogen-bond donors (Lipinski definition) is 0. The Kier molecular flexibility index (Phi) is 4.82. The fraction of sp³-hybridized carbons (Fsp3) is 0.105. The maximum Gasteiger partial charge on any atom is 0.338 e. The first kappa shape index (κ1) is 16.1. The van der Waals surface area contributed by atoms with Crippen molar-refractivity contribution in [2.75, 3.05) is 0 Å². The smallest absolute Gasteiger partial charge is 0.338 e. The summed E-state index contributed by atoms with van der Waals surface area (Å²) in [5, 5.41) is 2.80. The average molecular weight is 337 g/mol. The van der Waals surface area contributed by atoms with E-state index in [-0.39, 0.29) is 12.4 Å². The average Bonchev–Trinajstić information content (AvgIpc) is 3.05. The number of thiazole rings is 1. The van der Waals surface area contributed by atoms with E-state index in [1.165, 1.54) is 11.3 Å². The molecule has 0 aliphatic carbocycles. The minimum atomic E-state index is -0.431. The molecular formula is C19H15NO3S. The molecule has 0 saturated carbocycles. The highest BCUT2D eigenvalue weighted by atomic mass is 32.1. The van der Waals surface area contributed by atoms with Crippen LogP contribution in [0.15, 0.2) is 60.0 Å². The molecule has 0 fully saturated rings. The molecule has 0 bridgehead atoms. The highest BCUT2D eigenvalue weighted by Gasteiger charge is 2.12. The van der Waals surface area contributed by atoms with E-state index in [4.69, 9.17) is 4.74 Å². The zero-order chi connectivity index (χ0) is 16.9. The zero-order valence-corrected chi connectivity index (χ0v) is 13.9. The standard InChI is InChI=1S/C19H15NO3S/c1-13-20-17(12-24-13)11-23-19(22)16-9-7-15(8-10-16)18(21)14-5-3-2-4-6-14/h2-10,12H,11H2,1H3. The van der Waals surface area contributed by atoms with Gasteiger partial charge in [0.2, 0.25) is 0 Å². The van der Waals surface area contributed by atoms with E-state index >= 15 is 0 Å². The zero-order valence-electron chi connectivity index (χ0n) is 13.1. The molecule has 0 spiro atoms. The van der Waals surface area contributed by atoms with Gasteiger partial charge in [-0.2, -0.15) is 0 Å². The van der Waals surface area contributed by atoms with Gasteiger partial charge in [-0.3, -0.25) is 4.79 Å². The second-order valence-corrected chi connectivity index (χ2v) is 6.27. The molecule has 0 aliphatic rings. The number of nitrogens with zero attached hydrogens (tertiary/aromatic N) is 1. The summed E-state index contributed by atoms with van der Waals surface area (Å²) in [5.74, 6) is -0.507. The van der Waals surface area contributed by atoms with E-state index < -0.39 is 5.97 Å². The van der Waals surface area contributed by atoms with E-state index in [0.717, 1.165) is 10.7 Å². The van der Waals surface area contributed by atoms with Gasteiger partial charge in [0.05, 0.1) is 16.3 Å². The normalized spacial score (nSPS) is 10.4. The summed E-state index contributed by atoms with van der Waals surface area (Å²) in [7, 11) is 0. The van der Waals surface area contributed by atoms with Crippen LogP contribution in [0.1, 0.15) is 37.0 Å². The second kappa shape index (κ2) is 7.19. The third kappa shape index (κ3) is 3.75. The van der Waals surface area contributed by atoms with Crippen molar-refractivity contribution in [3.05, 3.63) is 87.4 Å². The van der Waals surface area contributed by atoms with E-state index in [1.54, 1.807) is 36.4 Å². The Labute approximate surface area is 143 Å². The Morgan fingerprint density at radius 3 is 2.21 bits per heavy atom. The summed E-state index contributed by atoms with van der Waals surface area (Å²) >= 11 is 1.52. The topological polar surface area (TPSA) is 56.3 Å². The van der Waals surface area contributed by atoms with Crippen molar-refractivity contribution in [2.45, 2.75) is 13.5 Å². The lowest BCUT2D eigenvalue weighted by Gasteiger charge is -2.05. The number of rotatable bonds is 5. The number of ketones is 1. The van der Waals surface area contributed by atoms with Gasteiger partial charge in [-0.05, 0) is 19.1 Å². The molecule has 2 aromatic carbocycles. The Morgan fingerprint density at radius 2 is 1.58 bits per heavy atom. The highest BCUT2D eigenvalue weighted by Crippen LogP contribution is 2.13. The summed E-state index contributed by atoms with van der Waals surface area (Å²) in [5.41, 5.74) is 2.30. The molecule has 0 atom stereocenters. The predicted molar refractivity (Wildman–Crippen MR) is 92.3 cm³/mol. The molecule has 1 heterocycles. The van der Waals surface area contributed by atoms with Crippen LogP contribution < -0.4 is 0 Å². The summed E-state index contributed by atoms with van der Waals surface area (Å²) in [4.78, 5) is 28.6. The summed E-state index contributed by atoms with van der Waals surface area (Å²) < 4.78 is 5.23. The Hall–Kier alpha value is -2.79. The first-order valence-corrected chi connectivity index (χ1v) is 8.29. The maximum atomic E-state index is 12.3. The molecule has 0 radical (unpaired) electrons. The quantitative estimate of drug-likeness (QED) is 0.521. The molecule has 0 N–H and O–H groups in total. The maximum absolute atomic E-state index is 12.3. The van der Waals surface area contributed by atoms with E-state index in [0.29, 0.717) is 16.7 Å². The van der Waals surface area contributed by atoms with Crippen LogP contribution in [-0.2, 0) is 11.3 Å². The van der Waals surface area contributed by atoms with Crippen molar-refractivity contribution in [2.24, 2.45) is 0 Å². The van der Waals surface area contributed by atoms with Gasteiger partial charge in [0.1, 0.15) is 6.61 Å². The largest absolute Gasteiger partial charge is 0.456 e. The molecule has 1 aromatic heterocycles. The molecule has 24 heavy (non-hydrogen) atoms. The molecule has 0 unspecified atom stereocenters. The molecular weight excluding hydrogens is 322 g/mol. The lowest BCUT2D eigenvalue weighted by atomic mass is 10.0. The first-order chi connectivity index (χ1) is 11.6. The third-order valence-electron chi connectivity index (χ3n) is 3.44. The van der Waals surface area contributed by atoms with Crippen LogP contribution in [0.3, 0.4) is 0 Å². The SMILES string of the molecule is Cc1nc(COC(=O)c2ccc(C(=O)c3ccccc3)cc2)cs1. The Morgan fingerprint density at radius 1 is 0.958 bits per heavy atom. The van der Waals surface area contributed by atoms with Crippen molar-refractivity contribution in [3.63, 3.8) is 0 Å². The fourth-order valence-electron chi connectivity index (χ4n) is 2.21.